The first-order valence-corrected chi connectivity index (χ1v) is 7.39. The fraction of sp³-hybridized carbons (Fsp3) is 0.600. The van der Waals surface area contributed by atoms with Crippen molar-refractivity contribution in [2.45, 2.75) is 13.0 Å². The largest absolute Gasteiger partial charge is 0.496 e. The van der Waals surface area contributed by atoms with E-state index in [0.717, 1.165) is 50.5 Å². The fourth-order valence-electron chi connectivity index (χ4n) is 2.62. The van der Waals surface area contributed by atoms with Gasteiger partial charge in [0.05, 0.1) is 13.7 Å². The Balaban J connectivity index is 2.10. The van der Waals surface area contributed by atoms with Crippen LogP contribution in [0.5, 0.6) is 5.75 Å². The van der Waals surface area contributed by atoms with Gasteiger partial charge in [0.25, 0.3) is 0 Å². The van der Waals surface area contributed by atoms with Gasteiger partial charge in [-0.15, -0.1) is 0 Å². The zero-order valence-corrected chi connectivity index (χ0v) is 13.0. The molecule has 1 N–H and O–H groups in total. The summed E-state index contributed by atoms with van der Waals surface area (Å²) in [6.45, 7) is 5.96. The standard InChI is InChI=1S/C15H23ClN2O2/c1-19-11-12-9-13(16)10-15(20-2)14(12)3-6-18-7-4-17-5-8-18/h9-10,17H,3-8,11H2,1-2H3. The second-order valence-electron chi connectivity index (χ2n) is 5.02. The Morgan fingerprint density at radius 2 is 2.00 bits per heavy atom. The third kappa shape index (κ3) is 4.09. The Hall–Kier alpha value is -0.810. The second kappa shape index (κ2) is 7.84. The maximum Gasteiger partial charge on any atom is 0.123 e. The first kappa shape index (κ1) is 15.6. The van der Waals surface area contributed by atoms with Crippen LogP contribution in [0.25, 0.3) is 0 Å². The van der Waals surface area contributed by atoms with Gasteiger partial charge < -0.3 is 19.7 Å². The van der Waals surface area contributed by atoms with E-state index in [0.29, 0.717) is 11.6 Å². The van der Waals surface area contributed by atoms with Crippen LogP contribution in [0.3, 0.4) is 0 Å². The highest BCUT2D eigenvalue weighted by atomic mass is 35.5. The summed E-state index contributed by atoms with van der Waals surface area (Å²) in [4.78, 5) is 2.47. The molecule has 5 heteroatoms. The number of methoxy groups -OCH3 is 2. The van der Waals surface area contributed by atoms with Crippen LogP contribution in [-0.2, 0) is 17.8 Å². The van der Waals surface area contributed by atoms with E-state index in [-0.39, 0.29) is 0 Å². The summed E-state index contributed by atoms with van der Waals surface area (Å²) in [5.41, 5.74) is 2.32. The maximum absolute atomic E-state index is 6.13. The number of nitrogens with zero attached hydrogens (tertiary/aromatic N) is 1. The van der Waals surface area contributed by atoms with Crippen LogP contribution < -0.4 is 10.1 Å². The van der Waals surface area contributed by atoms with Gasteiger partial charge in [-0.3, -0.25) is 0 Å². The summed E-state index contributed by atoms with van der Waals surface area (Å²) in [6.07, 6.45) is 0.957. The molecule has 1 aliphatic rings. The number of halogens is 1. The first-order chi connectivity index (χ1) is 9.74. The average Bonchev–Trinajstić information content (AvgIpc) is 2.47. The molecular weight excluding hydrogens is 276 g/mol. The third-order valence-corrected chi connectivity index (χ3v) is 3.89. The highest BCUT2D eigenvalue weighted by Crippen LogP contribution is 2.28. The van der Waals surface area contributed by atoms with Crippen molar-refractivity contribution in [1.82, 2.24) is 10.2 Å². The van der Waals surface area contributed by atoms with Crippen molar-refractivity contribution < 1.29 is 9.47 Å². The second-order valence-corrected chi connectivity index (χ2v) is 5.46. The lowest BCUT2D eigenvalue weighted by Gasteiger charge is -2.27. The molecule has 112 valence electrons. The van der Waals surface area contributed by atoms with E-state index in [2.05, 4.69) is 10.2 Å². The van der Waals surface area contributed by atoms with Crippen LogP contribution in [0.1, 0.15) is 11.1 Å². The molecule has 0 amide bonds. The molecule has 2 rings (SSSR count). The van der Waals surface area contributed by atoms with Gasteiger partial charge in [-0.25, -0.2) is 0 Å². The highest BCUT2D eigenvalue weighted by molar-refractivity contribution is 6.30. The van der Waals surface area contributed by atoms with Gasteiger partial charge >= 0.3 is 0 Å². The van der Waals surface area contributed by atoms with Gasteiger partial charge in [0, 0.05) is 50.4 Å². The van der Waals surface area contributed by atoms with E-state index in [9.17, 15) is 0 Å². The van der Waals surface area contributed by atoms with Gasteiger partial charge in [-0.1, -0.05) is 11.6 Å². The van der Waals surface area contributed by atoms with Gasteiger partial charge in [-0.2, -0.15) is 0 Å². The number of rotatable bonds is 6. The zero-order chi connectivity index (χ0) is 14.4. The first-order valence-electron chi connectivity index (χ1n) is 7.02. The normalized spacial score (nSPS) is 16.4. The molecule has 1 saturated heterocycles. The lowest BCUT2D eigenvalue weighted by Crippen LogP contribution is -2.44. The lowest BCUT2D eigenvalue weighted by molar-refractivity contribution is 0.183. The predicted octanol–water partition coefficient (Wildman–Crippen LogP) is 1.94. The van der Waals surface area contributed by atoms with Crippen molar-refractivity contribution >= 4 is 11.6 Å². The molecule has 1 heterocycles. The van der Waals surface area contributed by atoms with E-state index in [1.807, 2.05) is 12.1 Å². The molecule has 0 bridgehead atoms. The van der Waals surface area contributed by atoms with Gasteiger partial charge in [0.1, 0.15) is 5.75 Å². The summed E-state index contributed by atoms with van der Waals surface area (Å²) in [7, 11) is 3.39. The molecule has 0 saturated carbocycles. The molecule has 0 radical (unpaired) electrons. The predicted molar refractivity (Wildman–Crippen MR) is 81.7 cm³/mol. The van der Waals surface area contributed by atoms with Crippen molar-refractivity contribution in [3.63, 3.8) is 0 Å². The van der Waals surface area contributed by atoms with Crippen molar-refractivity contribution in [1.29, 1.82) is 0 Å². The molecule has 0 aromatic heterocycles. The molecule has 0 atom stereocenters. The molecule has 4 nitrogen and oxygen atoms in total. The lowest BCUT2D eigenvalue weighted by atomic mass is 10.0. The van der Waals surface area contributed by atoms with Crippen LogP contribution in [0, 0.1) is 0 Å². The van der Waals surface area contributed by atoms with Crippen molar-refractivity contribution in [3.05, 3.63) is 28.3 Å². The molecule has 0 aliphatic carbocycles. The summed E-state index contributed by atoms with van der Waals surface area (Å²) in [5.74, 6) is 0.861. The van der Waals surface area contributed by atoms with Gasteiger partial charge in [0.15, 0.2) is 0 Å². The Morgan fingerprint density at radius 1 is 1.25 bits per heavy atom. The third-order valence-electron chi connectivity index (χ3n) is 3.67. The van der Waals surface area contributed by atoms with E-state index >= 15 is 0 Å². The fourth-order valence-corrected chi connectivity index (χ4v) is 2.85. The number of hydrogen-bond donors (Lipinski definition) is 1. The minimum absolute atomic E-state index is 0.563. The topological polar surface area (TPSA) is 33.7 Å². The quantitative estimate of drug-likeness (QED) is 0.870. The molecule has 1 fully saturated rings. The monoisotopic (exact) mass is 298 g/mol. The van der Waals surface area contributed by atoms with Crippen LogP contribution in [0.2, 0.25) is 5.02 Å². The molecule has 0 unspecified atom stereocenters. The van der Waals surface area contributed by atoms with Crippen LogP contribution in [0.4, 0.5) is 0 Å². The number of hydrogen-bond acceptors (Lipinski definition) is 4. The zero-order valence-electron chi connectivity index (χ0n) is 12.2. The minimum atomic E-state index is 0.563. The van der Waals surface area contributed by atoms with Crippen LogP contribution >= 0.6 is 11.6 Å². The van der Waals surface area contributed by atoms with Crippen LogP contribution in [0.15, 0.2) is 12.1 Å². The molecular formula is C15H23ClN2O2. The van der Waals surface area contributed by atoms with Gasteiger partial charge in [-0.05, 0) is 24.1 Å². The number of nitrogens with one attached hydrogen (secondary N) is 1. The molecule has 1 aromatic carbocycles. The van der Waals surface area contributed by atoms with E-state index in [1.165, 1.54) is 5.56 Å². The average molecular weight is 299 g/mol. The molecule has 1 aliphatic heterocycles. The number of benzene rings is 1. The summed E-state index contributed by atoms with van der Waals surface area (Å²) in [5, 5.41) is 4.07. The Bertz CT molecular complexity index is 434. The van der Waals surface area contributed by atoms with Crippen molar-refractivity contribution in [3.8, 4) is 5.75 Å². The van der Waals surface area contributed by atoms with Crippen molar-refractivity contribution in [2.75, 3.05) is 46.9 Å². The summed E-state index contributed by atoms with van der Waals surface area (Å²) >= 11 is 6.13. The smallest absolute Gasteiger partial charge is 0.123 e. The van der Waals surface area contributed by atoms with Crippen LogP contribution in [-0.4, -0.2) is 51.8 Å². The Kier molecular flexibility index (Phi) is 6.10. The summed E-state index contributed by atoms with van der Waals surface area (Å²) in [6, 6.07) is 3.86. The summed E-state index contributed by atoms with van der Waals surface area (Å²) < 4.78 is 10.8. The molecule has 1 aromatic rings. The number of ether oxygens (including phenoxy) is 2. The minimum Gasteiger partial charge on any atom is -0.496 e. The molecule has 20 heavy (non-hydrogen) atoms. The van der Waals surface area contributed by atoms with E-state index in [1.54, 1.807) is 14.2 Å². The molecule has 0 spiro atoms. The maximum atomic E-state index is 6.13. The van der Waals surface area contributed by atoms with Gasteiger partial charge in [0.2, 0.25) is 0 Å². The Labute approximate surface area is 126 Å². The highest BCUT2D eigenvalue weighted by Gasteiger charge is 2.14. The SMILES string of the molecule is COCc1cc(Cl)cc(OC)c1CCN1CCNCC1. The van der Waals surface area contributed by atoms with E-state index in [4.69, 9.17) is 21.1 Å². The van der Waals surface area contributed by atoms with Crippen molar-refractivity contribution in [2.24, 2.45) is 0 Å². The Morgan fingerprint density at radius 3 is 2.65 bits per heavy atom. The number of piperazine rings is 1. The van der Waals surface area contributed by atoms with E-state index < -0.39 is 0 Å².